The van der Waals surface area contributed by atoms with Gasteiger partial charge in [0.25, 0.3) is 0 Å². The number of piperidine rings is 1. The van der Waals surface area contributed by atoms with Crippen molar-refractivity contribution in [3.05, 3.63) is 0 Å². The number of ether oxygens (including phenoxy) is 1. The van der Waals surface area contributed by atoms with Crippen molar-refractivity contribution in [2.24, 2.45) is 11.8 Å². The van der Waals surface area contributed by atoms with Gasteiger partial charge in [-0.2, -0.15) is 0 Å². The Morgan fingerprint density at radius 1 is 1.71 bits per heavy atom. The Morgan fingerprint density at radius 2 is 2.43 bits per heavy atom. The monoisotopic (exact) mass is 199 g/mol. The highest BCUT2D eigenvalue weighted by atomic mass is 16.5. The molecule has 0 bridgehead atoms. The lowest BCUT2D eigenvalue weighted by atomic mass is 9.85. The second-order valence-corrected chi connectivity index (χ2v) is 3.86. The van der Waals surface area contributed by atoms with Gasteiger partial charge in [-0.25, -0.2) is 0 Å². The van der Waals surface area contributed by atoms with Crippen LogP contribution in [0.15, 0.2) is 0 Å². The minimum atomic E-state index is -0.172. The number of rotatable bonds is 3. The van der Waals surface area contributed by atoms with Crippen LogP contribution in [0, 0.1) is 11.8 Å². The molecular formula is C10H17NO3. The second-order valence-electron chi connectivity index (χ2n) is 3.86. The van der Waals surface area contributed by atoms with Crippen molar-refractivity contribution in [2.45, 2.75) is 26.2 Å². The van der Waals surface area contributed by atoms with E-state index in [4.69, 9.17) is 0 Å². The molecule has 1 rings (SSSR count). The molecule has 0 aromatic carbocycles. The summed E-state index contributed by atoms with van der Waals surface area (Å²) in [6, 6.07) is 0. The number of hydrogen-bond donors (Lipinski definition) is 1. The van der Waals surface area contributed by atoms with Crippen molar-refractivity contribution in [3.63, 3.8) is 0 Å². The van der Waals surface area contributed by atoms with Crippen LogP contribution in [0.2, 0.25) is 0 Å². The third-order valence-corrected chi connectivity index (χ3v) is 2.82. The van der Waals surface area contributed by atoms with Gasteiger partial charge in [0, 0.05) is 19.4 Å². The predicted molar refractivity (Wildman–Crippen MR) is 51.5 cm³/mol. The minimum absolute atomic E-state index is 0.117. The number of carbonyl (C=O) groups excluding carboxylic acids is 2. The molecule has 1 heterocycles. The maximum absolute atomic E-state index is 11.0. The molecule has 0 aromatic rings. The zero-order valence-corrected chi connectivity index (χ0v) is 8.71. The van der Waals surface area contributed by atoms with Gasteiger partial charge >= 0.3 is 5.97 Å². The molecule has 80 valence electrons. The van der Waals surface area contributed by atoms with Gasteiger partial charge in [-0.15, -0.1) is 0 Å². The van der Waals surface area contributed by atoms with Gasteiger partial charge in [-0.3, -0.25) is 9.59 Å². The molecule has 1 saturated heterocycles. The van der Waals surface area contributed by atoms with Crippen LogP contribution in [0.4, 0.5) is 0 Å². The molecule has 0 aliphatic carbocycles. The number of methoxy groups -OCH3 is 1. The van der Waals surface area contributed by atoms with E-state index in [1.54, 1.807) is 0 Å². The maximum Gasteiger partial charge on any atom is 0.305 e. The molecule has 0 saturated carbocycles. The van der Waals surface area contributed by atoms with Crippen LogP contribution in [0.5, 0.6) is 0 Å². The summed E-state index contributed by atoms with van der Waals surface area (Å²) in [5, 5.41) is 2.81. The highest BCUT2D eigenvalue weighted by Gasteiger charge is 2.24. The fraction of sp³-hybridized carbons (Fsp3) is 0.800. The summed E-state index contributed by atoms with van der Waals surface area (Å²) in [4.78, 5) is 21.9. The Labute approximate surface area is 84.0 Å². The van der Waals surface area contributed by atoms with Crippen molar-refractivity contribution in [2.75, 3.05) is 13.7 Å². The summed E-state index contributed by atoms with van der Waals surface area (Å²) in [7, 11) is 1.40. The molecular weight excluding hydrogens is 182 g/mol. The summed E-state index contributed by atoms with van der Waals surface area (Å²) in [6.45, 7) is 2.72. The van der Waals surface area contributed by atoms with E-state index in [9.17, 15) is 9.59 Å². The van der Waals surface area contributed by atoms with Gasteiger partial charge < -0.3 is 10.1 Å². The Hall–Kier alpha value is -1.06. The van der Waals surface area contributed by atoms with Crippen LogP contribution < -0.4 is 5.32 Å². The predicted octanol–water partition coefficient (Wildman–Crippen LogP) is 0.712. The molecule has 1 aliphatic rings. The van der Waals surface area contributed by atoms with Crippen molar-refractivity contribution >= 4 is 11.9 Å². The molecule has 4 nitrogen and oxygen atoms in total. The molecule has 14 heavy (non-hydrogen) atoms. The van der Waals surface area contributed by atoms with E-state index in [1.807, 2.05) is 6.92 Å². The summed E-state index contributed by atoms with van der Waals surface area (Å²) >= 11 is 0. The molecule has 4 heteroatoms. The molecule has 2 atom stereocenters. The second kappa shape index (κ2) is 4.98. The average Bonchev–Trinajstić information content (AvgIpc) is 2.18. The van der Waals surface area contributed by atoms with Crippen molar-refractivity contribution in [1.82, 2.24) is 5.32 Å². The summed E-state index contributed by atoms with van der Waals surface area (Å²) in [5.41, 5.74) is 0. The van der Waals surface area contributed by atoms with Crippen LogP contribution in [-0.2, 0) is 14.3 Å². The molecule has 1 N–H and O–H groups in total. The van der Waals surface area contributed by atoms with E-state index in [2.05, 4.69) is 10.1 Å². The fourth-order valence-electron chi connectivity index (χ4n) is 1.75. The smallest absolute Gasteiger partial charge is 0.305 e. The van der Waals surface area contributed by atoms with Gasteiger partial charge in [0.15, 0.2) is 0 Å². The molecule has 1 fully saturated rings. The van der Waals surface area contributed by atoms with Crippen molar-refractivity contribution in [3.8, 4) is 0 Å². The first-order valence-electron chi connectivity index (χ1n) is 4.97. The topological polar surface area (TPSA) is 55.4 Å². The first-order valence-corrected chi connectivity index (χ1v) is 4.97. The highest BCUT2D eigenvalue weighted by Crippen LogP contribution is 2.22. The first kappa shape index (κ1) is 11.0. The van der Waals surface area contributed by atoms with E-state index in [0.717, 1.165) is 6.42 Å². The van der Waals surface area contributed by atoms with Gasteiger partial charge in [0.1, 0.15) is 0 Å². The molecule has 1 amide bonds. The van der Waals surface area contributed by atoms with Gasteiger partial charge in [-0.05, 0) is 18.3 Å². The van der Waals surface area contributed by atoms with Gasteiger partial charge in [0.2, 0.25) is 5.91 Å². The van der Waals surface area contributed by atoms with E-state index >= 15 is 0 Å². The lowest BCUT2D eigenvalue weighted by molar-refractivity contribution is -0.142. The number of esters is 1. The lowest BCUT2D eigenvalue weighted by Gasteiger charge is -2.27. The molecule has 0 radical (unpaired) electrons. The zero-order chi connectivity index (χ0) is 10.6. The number of amides is 1. The van der Waals surface area contributed by atoms with E-state index in [-0.39, 0.29) is 17.8 Å². The lowest BCUT2D eigenvalue weighted by Crippen LogP contribution is -2.38. The van der Waals surface area contributed by atoms with E-state index < -0.39 is 0 Å². The van der Waals surface area contributed by atoms with Crippen LogP contribution >= 0.6 is 0 Å². The van der Waals surface area contributed by atoms with Gasteiger partial charge in [0.05, 0.1) is 7.11 Å². The van der Waals surface area contributed by atoms with Crippen LogP contribution in [-0.4, -0.2) is 25.5 Å². The quantitative estimate of drug-likeness (QED) is 0.681. The Kier molecular flexibility index (Phi) is 3.92. The summed E-state index contributed by atoms with van der Waals surface area (Å²) < 4.78 is 4.61. The van der Waals surface area contributed by atoms with Crippen molar-refractivity contribution in [1.29, 1.82) is 0 Å². The first-order chi connectivity index (χ1) is 6.63. The molecule has 1 aliphatic heterocycles. The Morgan fingerprint density at radius 3 is 2.93 bits per heavy atom. The number of carbonyl (C=O) groups is 2. The molecule has 0 spiro atoms. The molecule has 2 unspecified atom stereocenters. The third-order valence-electron chi connectivity index (χ3n) is 2.82. The Bertz CT molecular complexity index is 217. The van der Waals surface area contributed by atoms with Gasteiger partial charge in [-0.1, -0.05) is 6.92 Å². The summed E-state index contributed by atoms with van der Waals surface area (Å²) in [5.74, 6) is 0.635. The summed E-state index contributed by atoms with van der Waals surface area (Å²) in [6.07, 6.45) is 1.90. The standard InChI is InChI=1S/C10H17NO3/c1-7(5-10(13)14-2)8-3-4-9(12)11-6-8/h7-8H,3-6H2,1-2H3,(H,11,12). The van der Waals surface area contributed by atoms with E-state index in [0.29, 0.717) is 25.3 Å². The normalized spacial score (nSPS) is 23.9. The average molecular weight is 199 g/mol. The van der Waals surface area contributed by atoms with Crippen LogP contribution in [0.25, 0.3) is 0 Å². The minimum Gasteiger partial charge on any atom is -0.469 e. The zero-order valence-electron chi connectivity index (χ0n) is 8.71. The largest absolute Gasteiger partial charge is 0.469 e. The van der Waals surface area contributed by atoms with E-state index in [1.165, 1.54) is 7.11 Å². The SMILES string of the molecule is COC(=O)CC(C)C1CCC(=O)NC1. The van der Waals surface area contributed by atoms with Crippen molar-refractivity contribution < 1.29 is 14.3 Å². The van der Waals surface area contributed by atoms with Crippen LogP contribution in [0.1, 0.15) is 26.2 Å². The Balaban J connectivity index is 2.33. The number of hydrogen-bond acceptors (Lipinski definition) is 3. The number of nitrogens with one attached hydrogen (secondary N) is 1. The highest BCUT2D eigenvalue weighted by molar-refractivity contribution is 5.76. The third kappa shape index (κ3) is 3.01. The fourth-order valence-corrected chi connectivity index (χ4v) is 1.75. The molecule has 0 aromatic heterocycles. The maximum atomic E-state index is 11.0. The van der Waals surface area contributed by atoms with Crippen LogP contribution in [0.3, 0.4) is 0 Å².